The SMILES string of the molecule is CCN[C@H](C(=O)OC(C)(C)C)[C@H](C)COc1nc2cc(OC)ccc2nc1Cl. The third-order valence-electron chi connectivity index (χ3n) is 3.94. The lowest BCUT2D eigenvalue weighted by molar-refractivity contribution is -0.159. The van der Waals surface area contributed by atoms with Gasteiger partial charge in [0.05, 0.1) is 24.8 Å². The monoisotopic (exact) mass is 409 g/mol. The van der Waals surface area contributed by atoms with Gasteiger partial charge in [-0.25, -0.2) is 9.97 Å². The fraction of sp³-hybridized carbons (Fsp3) is 0.550. The van der Waals surface area contributed by atoms with Gasteiger partial charge in [0.25, 0.3) is 5.88 Å². The largest absolute Gasteiger partial charge is 0.497 e. The Labute approximate surface area is 170 Å². The van der Waals surface area contributed by atoms with Gasteiger partial charge in [-0.3, -0.25) is 4.79 Å². The van der Waals surface area contributed by atoms with E-state index in [1.165, 1.54) is 0 Å². The molecule has 0 bridgehead atoms. The standard InChI is InChI=1S/C20H28ClN3O4/c1-7-22-16(19(25)28-20(3,4)5)12(2)11-27-18-17(21)23-14-9-8-13(26-6)10-15(14)24-18/h8-10,12,16,22H,7,11H2,1-6H3/t12-,16+/m1/s1. The highest BCUT2D eigenvalue weighted by Gasteiger charge is 2.30. The third kappa shape index (κ3) is 5.94. The van der Waals surface area contributed by atoms with Crippen LogP contribution < -0.4 is 14.8 Å². The van der Waals surface area contributed by atoms with Gasteiger partial charge in [-0.1, -0.05) is 25.4 Å². The number of nitrogens with one attached hydrogen (secondary N) is 1. The molecule has 1 aromatic carbocycles. The maximum atomic E-state index is 12.5. The van der Waals surface area contributed by atoms with Crippen LogP contribution in [0.15, 0.2) is 18.2 Å². The summed E-state index contributed by atoms with van der Waals surface area (Å²) in [5.74, 6) is 0.397. The second-order valence-electron chi connectivity index (χ2n) is 7.53. The summed E-state index contributed by atoms with van der Waals surface area (Å²) < 4.78 is 16.5. The van der Waals surface area contributed by atoms with E-state index >= 15 is 0 Å². The van der Waals surface area contributed by atoms with Crippen molar-refractivity contribution in [1.82, 2.24) is 15.3 Å². The van der Waals surface area contributed by atoms with E-state index in [0.717, 1.165) is 0 Å². The summed E-state index contributed by atoms with van der Waals surface area (Å²) >= 11 is 6.21. The van der Waals surface area contributed by atoms with Crippen LogP contribution in [0.3, 0.4) is 0 Å². The molecule has 0 aliphatic carbocycles. The zero-order valence-electron chi connectivity index (χ0n) is 17.2. The van der Waals surface area contributed by atoms with Crippen LogP contribution in [-0.2, 0) is 9.53 Å². The van der Waals surface area contributed by atoms with E-state index in [0.29, 0.717) is 23.3 Å². The van der Waals surface area contributed by atoms with Gasteiger partial charge in [-0.2, -0.15) is 0 Å². The highest BCUT2D eigenvalue weighted by molar-refractivity contribution is 6.31. The summed E-state index contributed by atoms with van der Waals surface area (Å²) in [6.07, 6.45) is 0. The minimum atomic E-state index is -0.558. The van der Waals surface area contributed by atoms with Crippen LogP contribution in [0.4, 0.5) is 0 Å². The normalized spacial score (nSPS) is 13.8. The van der Waals surface area contributed by atoms with Crippen molar-refractivity contribution in [3.63, 3.8) is 0 Å². The van der Waals surface area contributed by atoms with Crippen LogP contribution in [0, 0.1) is 5.92 Å². The lowest BCUT2D eigenvalue weighted by Crippen LogP contribution is -2.47. The lowest BCUT2D eigenvalue weighted by atomic mass is 10.0. The Kier molecular flexibility index (Phi) is 7.43. The molecule has 2 aromatic rings. The predicted molar refractivity (Wildman–Crippen MR) is 109 cm³/mol. The number of carbonyl (C=O) groups excluding carboxylic acids is 1. The molecule has 0 unspecified atom stereocenters. The molecule has 0 aliphatic heterocycles. The number of fused-ring (bicyclic) bond motifs is 1. The van der Waals surface area contributed by atoms with Gasteiger partial charge in [-0.05, 0) is 39.4 Å². The Morgan fingerprint density at radius 2 is 1.96 bits per heavy atom. The number of benzene rings is 1. The number of rotatable bonds is 8. The smallest absolute Gasteiger partial charge is 0.324 e. The van der Waals surface area contributed by atoms with Crippen molar-refractivity contribution in [3.05, 3.63) is 23.4 Å². The van der Waals surface area contributed by atoms with Crippen molar-refractivity contribution in [2.45, 2.75) is 46.3 Å². The van der Waals surface area contributed by atoms with Crippen LogP contribution in [0.2, 0.25) is 5.15 Å². The summed E-state index contributed by atoms with van der Waals surface area (Å²) in [4.78, 5) is 21.2. The van der Waals surface area contributed by atoms with Crippen LogP contribution >= 0.6 is 11.6 Å². The first-order valence-corrected chi connectivity index (χ1v) is 9.62. The molecule has 154 valence electrons. The molecule has 7 nitrogen and oxygen atoms in total. The number of aromatic nitrogens is 2. The maximum absolute atomic E-state index is 12.5. The Hall–Kier alpha value is -2.12. The molecule has 0 saturated heterocycles. The highest BCUT2D eigenvalue weighted by Crippen LogP contribution is 2.26. The van der Waals surface area contributed by atoms with Gasteiger partial charge in [0.2, 0.25) is 0 Å². The Balaban J connectivity index is 2.13. The molecule has 0 radical (unpaired) electrons. The molecule has 8 heteroatoms. The number of carbonyl (C=O) groups is 1. The highest BCUT2D eigenvalue weighted by atomic mass is 35.5. The molecule has 28 heavy (non-hydrogen) atoms. The van der Waals surface area contributed by atoms with E-state index < -0.39 is 11.6 Å². The zero-order chi connectivity index (χ0) is 20.9. The van der Waals surface area contributed by atoms with Gasteiger partial charge in [0, 0.05) is 12.0 Å². The number of ether oxygens (including phenoxy) is 3. The van der Waals surface area contributed by atoms with E-state index in [2.05, 4.69) is 15.3 Å². The second-order valence-corrected chi connectivity index (χ2v) is 7.89. The topological polar surface area (TPSA) is 82.6 Å². The van der Waals surface area contributed by atoms with E-state index in [1.54, 1.807) is 25.3 Å². The number of halogens is 1. The number of hydrogen-bond acceptors (Lipinski definition) is 7. The van der Waals surface area contributed by atoms with E-state index in [9.17, 15) is 4.79 Å². The van der Waals surface area contributed by atoms with Gasteiger partial charge < -0.3 is 19.5 Å². The number of nitrogens with zero attached hydrogens (tertiary/aromatic N) is 2. The minimum Gasteiger partial charge on any atom is -0.497 e. The van der Waals surface area contributed by atoms with E-state index in [4.69, 9.17) is 25.8 Å². The second kappa shape index (κ2) is 9.39. The average Bonchev–Trinajstić information content (AvgIpc) is 2.62. The molecule has 1 heterocycles. The first-order chi connectivity index (χ1) is 13.1. The molecule has 0 amide bonds. The number of hydrogen-bond donors (Lipinski definition) is 1. The predicted octanol–water partition coefficient (Wildman–Crippen LogP) is 3.63. The molecule has 2 rings (SSSR count). The number of esters is 1. The first-order valence-electron chi connectivity index (χ1n) is 9.25. The van der Waals surface area contributed by atoms with Crippen LogP contribution in [0.5, 0.6) is 11.6 Å². The fourth-order valence-electron chi connectivity index (χ4n) is 2.62. The third-order valence-corrected chi connectivity index (χ3v) is 4.18. The number of methoxy groups -OCH3 is 1. The summed E-state index contributed by atoms with van der Waals surface area (Å²) in [7, 11) is 1.58. The van der Waals surface area contributed by atoms with Gasteiger partial charge >= 0.3 is 5.97 Å². The maximum Gasteiger partial charge on any atom is 0.324 e. The zero-order valence-corrected chi connectivity index (χ0v) is 18.0. The van der Waals surface area contributed by atoms with Crippen LogP contribution in [-0.4, -0.2) is 47.8 Å². The molecule has 0 aliphatic rings. The van der Waals surface area contributed by atoms with Crippen LogP contribution in [0.1, 0.15) is 34.6 Å². The van der Waals surface area contributed by atoms with Gasteiger partial charge in [-0.15, -0.1) is 0 Å². The molecule has 1 aromatic heterocycles. The Morgan fingerprint density at radius 1 is 1.25 bits per heavy atom. The number of likely N-dealkylation sites (N-methyl/N-ethyl adjacent to an activating group) is 1. The van der Waals surface area contributed by atoms with E-state index in [1.807, 2.05) is 34.6 Å². The van der Waals surface area contributed by atoms with Crippen molar-refractivity contribution < 1.29 is 19.0 Å². The quantitative estimate of drug-likeness (QED) is 0.666. The van der Waals surface area contributed by atoms with Crippen molar-refractivity contribution in [1.29, 1.82) is 0 Å². The summed E-state index contributed by atoms with van der Waals surface area (Å²) in [5.41, 5.74) is 0.699. The van der Waals surface area contributed by atoms with Crippen molar-refractivity contribution in [3.8, 4) is 11.6 Å². The summed E-state index contributed by atoms with van der Waals surface area (Å²) in [6, 6.07) is 4.83. The van der Waals surface area contributed by atoms with Crippen molar-refractivity contribution in [2.75, 3.05) is 20.3 Å². The van der Waals surface area contributed by atoms with Crippen LogP contribution in [0.25, 0.3) is 11.0 Å². The Bertz CT molecular complexity index is 823. The van der Waals surface area contributed by atoms with E-state index in [-0.39, 0.29) is 29.5 Å². The average molecular weight is 410 g/mol. The summed E-state index contributed by atoms with van der Waals surface area (Å²) in [6.45, 7) is 10.2. The first kappa shape index (κ1) is 22.2. The molecule has 2 atom stereocenters. The van der Waals surface area contributed by atoms with Gasteiger partial charge in [0.1, 0.15) is 17.4 Å². The molecule has 1 N–H and O–H groups in total. The molecular weight excluding hydrogens is 382 g/mol. The fourth-order valence-corrected chi connectivity index (χ4v) is 2.81. The van der Waals surface area contributed by atoms with Crippen molar-refractivity contribution in [2.24, 2.45) is 5.92 Å². The van der Waals surface area contributed by atoms with Crippen molar-refractivity contribution >= 4 is 28.6 Å². The molecule has 0 spiro atoms. The van der Waals surface area contributed by atoms with Gasteiger partial charge in [0.15, 0.2) is 5.15 Å². The minimum absolute atomic E-state index is 0.169. The molecular formula is C20H28ClN3O4. The molecule has 0 saturated carbocycles. The summed E-state index contributed by atoms with van der Waals surface area (Å²) in [5, 5.41) is 3.33. The lowest BCUT2D eigenvalue weighted by Gasteiger charge is -2.27. The molecule has 0 fully saturated rings. The Morgan fingerprint density at radius 3 is 2.57 bits per heavy atom.